The molecule has 0 aliphatic heterocycles. The van der Waals surface area contributed by atoms with E-state index < -0.39 is 6.10 Å². The lowest BCUT2D eigenvalue weighted by Gasteiger charge is -2.18. The number of Topliss-reactive ketones (excluding diaryl/α,β-unsaturated/α-hetero) is 1. The second-order valence-corrected chi connectivity index (χ2v) is 17.8. The summed E-state index contributed by atoms with van der Waals surface area (Å²) in [4.78, 5) is 38.0. The maximum Gasteiger partial charge on any atom is 0.306 e. The first-order valence-corrected chi connectivity index (χ1v) is 26.9. The molecule has 0 aromatic carbocycles. The van der Waals surface area contributed by atoms with Crippen molar-refractivity contribution < 1.29 is 28.6 Å². The van der Waals surface area contributed by atoms with Crippen molar-refractivity contribution in [3.8, 4) is 0 Å². The summed E-state index contributed by atoms with van der Waals surface area (Å²) in [5.41, 5.74) is 0. The van der Waals surface area contributed by atoms with Crippen LogP contribution in [-0.2, 0) is 28.6 Å². The van der Waals surface area contributed by atoms with Crippen LogP contribution in [0, 0.1) is 0 Å². The van der Waals surface area contributed by atoms with Crippen molar-refractivity contribution in [3.63, 3.8) is 0 Å². The fourth-order valence-electron chi connectivity index (χ4n) is 7.36. The molecule has 0 aromatic rings. The molecule has 0 fully saturated rings. The smallest absolute Gasteiger partial charge is 0.306 e. The average molecular weight is 893 g/mol. The number of hydrogen-bond donors (Lipinski definition) is 0. The third kappa shape index (κ3) is 50.0. The van der Waals surface area contributed by atoms with Gasteiger partial charge in [0.05, 0.1) is 6.61 Å². The van der Waals surface area contributed by atoms with Crippen molar-refractivity contribution in [1.29, 1.82) is 0 Å². The summed E-state index contributed by atoms with van der Waals surface area (Å²) in [6, 6.07) is 0. The van der Waals surface area contributed by atoms with E-state index in [-0.39, 0.29) is 37.5 Å². The van der Waals surface area contributed by atoms with Crippen LogP contribution >= 0.6 is 0 Å². The third-order valence-corrected chi connectivity index (χ3v) is 11.4. The minimum Gasteiger partial charge on any atom is -0.462 e. The van der Waals surface area contributed by atoms with Crippen molar-refractivity contribution in [2.24, 2.45) is 0 Å². The molecule has 0 heterocycles. The highest BCUT2D eigenvalue weighted by atomic mass is 16.6. The van der Waals surface area contributed by atoms with Gasteiger partial charge in [0.2, 0.25) is 0 Å². The van der Waals surface area contributed by atoms with E-state index in [1.54, 1.807) is 0 Å². The molecule has 368 valence electrons. The van der Waals surface area contributed by atoms with Crippen molar-refractivity contribution in [2.75, 3.05) is 19.8 Å². The van der Waals surface area contributed by atoms with Gasteiger partial charge >= 0.3 is 11.9 Å². The Kier molecular flexibility index (Phi) is 50.2. The molecule has 1 unspecified atom stereocenters. The van der Waals surface area contributed by atoms with Crippen molar-refractivity contribution in [2.45, 2.75) is 258 Å². The Bertz CT molecular complexity index is 1210. The Morgan fingerprint density at radius 2 is 0.734 bits per heavy atom. The Labute approximate surface area is 395 Å². The molecule has 0 amide bonds. The van der Waals surface area contributed by atoms with Crippen LogP contribution in [0.15, 0.2) is 72.9 Å². The summed E-state index contributed by atoms with van der Waals surface area (Å²) in [6.07, 6.45) is 65.2. The maximum atomic E-state index is 12.8. The molecule has 64 heavy (non-hydrogen) atoms. The fraction of sp³-hybridized carbons (Fsp3) is 0.741. The quantitative estimate of drug-likeness (QED) is 0.0344. The van der Waals surface area contributed by atoms with Crippen LogP contribution in [-0.4, -0.2) is 43.6 Å². The number of ketones is 1. The van der Waals surface area contributed by atoms with Crippen LogP contribution in [0.2, 0.25) is 0 Å². The molecule has 0 saturated heterocycles. The summed E-state index contributed by atoms with van der Waals surface area (Å²) >= 11 is 0. The fourth-order valence-corrected chi connectivity index (χ4v) is 7.36. The van der Waals surface area contributed by atoms with Crippen molar-refractivity contribution in [3.05, 3.63) is 72.9 Å². The number of ether oxygens (including phenoxy) is 3. The van der Waals surface area contributed by atoms with Gasteiger partial charge in [-0.1, -0.05) is 196 Å². The van der Waals surface area contributed by atoms with Gasteiger partial charge < -0.3 is 14.2 Å². The number of hydrogen-bond acceptors (Lipinski definition) is 6. The first-order valence-electron chi connectivity index (χ1n) is 26.9. The highest BCUT2D eigenvalue weighted by Crippen LogP contribution is 2.13. The standard InChI is InChI=1S/C58H100O6/c1-4-7-10-13-16-19-22-25-28-31-34-37-40-43-46-49-55(59)52-62-53-56(64-58(61)51-48-45-42-39-36-33-30-27-24-21-18-15-12-9-6-3)54-63-57(60)50-47-44-41-38-35-32-29-26-23-20-17-14-11-8-5-2/h8,11,17-18,20-21,25-30,56H,4-7,9-10,12-16,19,22-24,31-54H2,1-3H3/b11-8-,20-17-,21-18-,28-25-,29-26-,30-27-. The molecule has 0 N–H and O–H groups in total. The van der Waals surface area contributed by atoms with E-state index in [4.69, 9.17) is 14.2 Å². The molecule has 0 spiro atoms. The third-order valence-electron chi connectivity index (χ3n) is 11.4. The molecule has 0 rings (SSSR count). The molecular formula is C58H100O6. The van der Waals surface area contributed by atoms with Crippen molar-refractivity contribution >= 4 is 17.7 Å². The molecule has 0 aromatic heterocycles. The summed E-state index contributed by atoms with van der Waals surface area (Å²) in [6.45, 7) is 6.63. The minimum atomic E-state index is -0.719. The molecule has 0 saturated carbocycles. The molecule has 0 aliphatic rings. The summed E-state index contributed by atoms with van der Waals surface area (Å²) < 4.78 is 17.0. The van der Waals surface area contributed by atoms with Gasteiger partial charge in [-0.15, -0.1) is 0 Å². The molecule has 0 radical (unpaired) electrons. The summed E-state index contributed by atoms with van der Waals surface area (Å²) in [5, 5.41) is 0. The van der Waals surface area contributed by atoms with Crippen LogP contribution in [0.5, 0.6) is 0 Å². The highest BCUT2D eigenvalue weighted by molar-refractivity contribution is 5.79. The lowest BCUT2D eigenvalue weighted by Crippen LogP contribution is -2.30. The average Bonchev–Trinajstić information content (AvgIpc) is 3.29. The molecule has 0 aliphatic carbocycles. The van der Waals surface area contributed by atoms with Gasteiger partial charge in [-0.05, 0) is 109 Å². The van der Waals surface area contributed by atoms with Crippen molar-refractivity contribution in [1.82, 2.24) is 0 Å². The molecule has 6 nitrogen and oxygen atoms in total. The van der Waals surface area contributed by atoms with E-state index in [0.717, 1.165) is 128 Å². The van der Waals surface area contributed by atoms with E-state index in [9.17, 15) is 14.4 Å². The van der Waals surface area contributed by atoms with Crippen LogP contribution in [0.25, 0.3) is 0 Å². The monoisotopic (exact) mass is 893 g/mol. The molecular weight excluding hydrogens is 793 g/mol. The highest BCUT2D eigenvalue weighted by Gasteiger charge is 2.18. The second kappa shape index (κ2) is 52.6. The summed E-state index contributed by atoms with van der Waals surface area (Å²) in [7, 11) is 0. The lowest BCUT2D eigenvalue weighted by atomic mass is 10.1. The van der Waals surface area contributed by atoms with E-state index in [2.05, 4.69) is 93.7 Å². The normalized spacial score (nSPS) is 12.7. The second-order valence-electron chi connectivity index (χ2n) is 17.8. The molecule has 6 heteroatoms. The van der Waals surface area contributed by atoms with Crippen LogP contribution in [0.4, 0.5) is 0 Å². The van der Waals surface area contributed by atoms with Gasteiger partial charge in [0.15, 0.2) is 11.9 Å². The SMILES string of the molecule is CC/C=C\C/C=C\C/C=C\CCCCCCCC(=O)OCC(COCC(=O)CCCCCCC/C=C\CCCCCCCC)OC(=O)CCCCCCC/C=C\C/C=C\CCCCC. The number of carbonyl (C=O) groups is 3. The van der Waals surface area contributed by atoms with Gasteiger partial charge in [-0.3, -0.25) is 14.4 Å². The zero-order valence-corrected chi connectivity index (χ0v) is 42.0. The number of esters is 2. The van der Waals surface area contributed by atoms with E-state index in [1.165, 1.54) is 83.5 Å². The number of rotatable bonds is 49. The van der Waals surface area contributed by atoms with Crippen LogP contribution in [0.3, 0.4) is 0 Å². The topological polar surface area (TPSA) is 78.9 Å². The first kappa shape index (κ1) is 61.0. The Hall–Kier alpha value is -2.99. The largest absolute Gasteiger partial charge is 0.462 e. The van der Waals surface area contributed by atoms with Crippen LogP contribution < -0.4 is 0 Å². The predicted molar refractivity (Wildman–Crippen MR) is 275 cm³/mol. The van der Waals surface area contributed by atoms with E-state index in [1.807, 2.05) is 0 Å². The Morgan fingerprint density at radius 1 is 0.375 bits per heavy atom. The molecule has 1 atom stereocenters. The van der Waals surface area contributed by atoms with Crippen LogP contribution in [0.1, 0.15) is 252 Å². The van der Waals surface area contributed by atoms with Gasteiger partial charge in [-0.2, -0.15) is 0 Å². The molecule has 0 bridgehead atoms. The van der Waals surface area contributed by atoms with Gasteiger partial charge in [0, 0.05) is 19.3 Å². The zero-order chi connectivity index (χ0) is 46.5. The zero-order valence-electron chi connectivity index (χ0n) is 42.0. The summed E-state index contributed by atoms with van der Waals surface area (Å²) in [5.74, 6) is -0.527. The number of unbranched alkanes of at least 4 members (excludes halogenated alkanes) is 24. The van der Waals surface area contributed by atoms with Gasteiger partial charge in [0.1, 0.15) is 13.2 Å². The van der Waals surface area contributed by atoms with Gasteiger partial charge in [0.25, 0.3) is 0 Å². The number of carbonyl (C=O) groups excluding carboxylic acids is 3. The maximum absolute atomic E-state index is 12.8. The first-order chi connectivity index (χ1) is 31.5. The lowest BCUT2D eigenvalue weighted by molar-refractivity contribution is -0.163. The van der Waals surface area contributed by atoms with E-state index in [0.29, 0.717) is 19.3 Å². The van der Waals surface area contributed by atoms with E-state index >= 15 is 0 Å². The Morgan fingerprint density at radius 3 is 1.22 bits per heavy atom. The Balaban J connectivity index is 4.43. The van der Waals surface area contributed by atoms with Gasteiger partial charge in [-0.25, -0.2) is 0 Å². The minimum absolute atomic E-state index is 0.0138. The predicted octanol–water partition coefficient (Wildman–Crippen LogP) is 17.5. The number of allylic oxidation sites excluding steroid dienone is 12.